The summed E-state index contributed by atoms with van der Waals surface area (Å²) in [6.45, 7) is 4.60. The van der Waals surface area contributed by atoms with Crippen molar-refractivity contribution in [1.29, 1.82) is 0 Å². The van der Waals surface area contributed by atoms with Gasteiger partial charge in [-0.15, -0.1) is 10.2 Å². The van der Waals surface area contributed by atoms with E-state index < -0.39 is 0 Å². The molecule has 3 rings (SSSR count). The smallest absolute Gasteiger partial charge is 0.234 e. The Morgan fingerprint density at radius 3 is 2.67 bits per heavy atom. The average molecular weight is 447 g/mol. The standard InChI is InChI=1S/C21H23ClN4O3S/c1-4-26-20(14(2)29-16-8-6-5-7-9-16)24-25-21(26)30-13-19(27)23-15-10-11-18(28-3)17(22)12-15/h5-12,14H,4,13H2,1-3H3,(H,23,27)/t14-/m1/s1. The van der Waals surface area contributed by atoms with Gasteiger partial charge in [-0.1, -0.05) is 41.6 Å². The molecule has 0 fully saturated rings. The molecular weight excluding hydrogens is 424 g/mol. The number of halogens is 1. The lowest BCUT2D eigenvalue weighted by molar-refractivity contribution is -0.113. The van der Waals surface area contributed by atoms with Gasteiger partial charge in [-0.25, -0.2) is 0 Å². The molecule has 0 aliphatic carbocycles. The lowest BCUT2D eigenvalue weighted by Gasteiger charge is -2.15. The van der Waals surface area contributed by atoms with E-state index in [1.807, 2.05) is 48.7 Å². The van der Waals surface area contributed by atoms with Gasteiger partial charge < -0.3 is 19.4 Å². The van der Waals surface area contributed by atoms with Crippen LogP contribution >= 0.6 is 23.4 Å². The van der Waals surface area contributed by atoms with Crippen molar-refractivity contribution in [2.75, 3.05) is 18.2 Å². The van der Waals surface area contributed by atoms with Gasteiger partial charge in [-0.3, -0.25) is 4.79 Å². The van der Waals surface area contributed by atoms with Gasteiger partial charge in [-0.05, 0) is 44.2 Å². The number of carbonyl (C=O) groups excluding carboxylic acids is 1. The van der Waals surface area contributed by atoms with Crippen LogP contribution in [0.5, 0.6) is 11.5 Å². The molecule has 0 radical (unpaired) electrons. The molecule has 1 heterocycles. The van der Waals surface area contributed by atoms with Gasteiger partial charge in [0.2, 0.25) is 5.91 Å². The van der Waals surface area contributed by atoms with Gasteiger partial charge in [0.05, 0.1) is 17.9 Å². The fraction of sp³-hybridized carbons (Fsp3) is 0.286. The van der Waals surface area contributed by atoms with Gasteiger partial charge in [0, 0.05) is 12.2 Å². The molecule has 0 unspecified atom stereocenters. The third kappa shape index (κ3) is 5.46. The van der Waals surface area contributed by atoms with E-state index in [0.29, 0.717) is 34.0 Å². The number of thioether (sulfide) groups is 1. The minimum absolute atomic E-state index is 0.165. The number of para-hydroxylation sites is 1. The van der Waals surface area contributed by atoms with Gasteiger partial charge in [0.15, 0.2) is 17.1 Å². The second-order valence-corrected chi connectivity index (χ2v) is 7.69. The normalized spacial score (nSPS) is 11.7. The molecule has 0 saturated heterocycles. The third-order valence-corrected chi connectivity index (χ3v) is 5.51. The van der Waals surface area contributed by atoms with Crippen LogP contribution in [0.15, 0.2) is 53.7 Å². The van der Waals surface area contributed by atoms with E-state index in [2.05, 4.69) is 15.5 Å². The van der Waals surface area contributed by atoms with Gasteiger partial charge >= 0.3 is 0 Å². The highest BCUT2D eigenvalue weighted by molar-refractivity contribution is 7.99. The van der Waals surface area contributed by atoms with Crippen LogP contribution in [0.3, 0.4) is 0 Å². The summed E-state index contributed by atoms with van der Waals surface area (Å²) >= 11 is 7.42. The summed E-state index contributed by atoms with van der Waals surface area (Å²) in [4.78, 5) is 12.3. The predicted octanol–water partition coefficient (Wildman–Crippen LogP) is 4.83. The third-order valence-electron chi connectivity index (χ3n) is 4.25. The van der Waals surface area contributed by atoms with Crippen molar-refractivity contribution in [3.63, 3.8) is 0 Å². The number of hydrogen-bond acceptors (Lipinski definition) is 6. The number of amides is 1. The maximum atomic E-state index is 12.3. The molecule has 1 aromatic heterocycles. The summed E-state index contributed by atoms with van der Waals surface area (Å²) in [7, 11) is 1.54. The fourth-order valence-electron chi connectivity index (χ4n) is 2.83. The summed E-state index contributed by atoms with van der Waals surface area (Å²) in [6, 6.07) is 14.7. The van der Waals surface area contributed by atoms with Crippen molar-refractivity contribution < 1.29 is 14.3 Å². The topological polar surface area (TPSA) is 78.3 Å². The van der Waals surface area contributed by atoms with Crippen LogP contribution in [-0.2, 0) is 11.3 Å². The van der Waals surface area contributed by atoms with Crippen LogP contribution in [0, 0.1) is 0 Å². The number of ether oxygens (including phenoxy) is 2. The Kier molecular flexibility index (Phi) is 7.59. The molecule has 0 saturated carbocycles. The van der Waals surface area contributed by atoms with E-state index in [-0.39, 0.29) is 17.8 Å². The number of nitrogens with one attached hydrogen (secondary N) is 1. The molecule has 7 nitrogen and oxygen atoms in total. The SMILES string of the molecule is CCn1c(SCC(=O)Nc2ccc(OC)c(Cl)c2)nnc1[C@@H](C)Oc1ccccc1. The summed E-state index contributed by atoms with van der Waals surface area (Å²) in [5, 5.41) is 12.4. The van der Waals surface area contributed by atoms with E-state index in [9.17, 15) is 4.79 Å². The van der Waals surface area contributed by atoms with E-state index >= 15 is 0 Å². The van der Waals surface area contributed by atoms with E-state index in [4.69, 9.17) is 21.1 Å². The van der Waals surface area contributed by atoms with Crippen molar-refractivity contribution in [1.82, 2.24) is 14.8 Å². The number of methoxy groups -OCH3 is 1. The molecule has 158 valence electrons. The number of benzene rings is 2. The quantitative estimate of drug-likeness (QED) is 0.474. The van der Waals surface area contributed by atoms with Gasteiger partial charge in [0.25, 0.3) is 0 Å². The van der Waals surface area contributed by atoms with Crippen LogP contribution in [-0.4, -0.2) is 33.5 Å². The van der Waals surface area contributed by atoms with Crippen LogP contribution < -0.4 is 14.8 Å². The summed E-state index contributed by atoms with van der Waals surface area (Å²) in [5.41, 5.74) is 0.605. The number of nitrogens with zero attached hydrogens (tertiary/aromatic N) is 3. The first-order valence-corrected chi connectivity index (χ1v) is 10.8. The van der Waals surface area contributed by atoms with E-state index in [0.717, 1.165) is 5.75 Å². The Balaban J connectivity index is 1.61. The molecule has 1 atom stereocenters. The van der Waals surface area contributed by atoms with Crippen molar-refractivity contribution in [2.45, 2.75) is 31.7 Å². The van der Waals surface area contributed by atoms with Crippen molar-refractivity contribution >= 4 is 35.0 Å². The number of anilines is 1. The monoisotopic (exact) mass is 446 g/mol. The first kappa shape index (κ1) is 22.0. The van der Waals surface area contributed by atoms with Crippen molar-refractivity contribution in [3.8, 4) is 11.5 Å². The summed E-state index contributed by atoms with van der Waals surface area (Å²) in [6.07, 6.45) is -0.274. The number of hydrogen-bond donors (Lipinski definition) is 1. The Hall–Kier alpha value is -2.71. The molecule has 2 aromatic carbocycles. The zero-order chi connectivity index (χ0) is 21.5. The maximum absolute atomic E-state index is 12.3. The van der Waals surface area contributed by atoms with Crippen molar-refractivity contribution in [3.05, 3.63) is 59.4 Å². The van der Waals surface area contributed by atoms with Crippen LogP contribution in [0.1, 0.15) is 25.8 Å². The van der Waals surface area contributed by atoms with E-state index in [1.54, 1.807) is 25.3 Å². The first-order valence-electron chi connectivity index (χ1n) is 9.42. The first-order chi connectivity index (χ1) is 14.5. The fourth-order valence-corrected chi connectivity index (χ4v) is 3.90. The largest absolute Gasteiger partial charge is 0.495 e. The van der Waals surface area contributed by atoms with Crippen LogP contribution in [0.25, 0.3) is 0 Å². The lowest BCUT2D eigenvalue weighted by atomic mass is 10.3. The molecule has 1 amide bonds. The molecule has 0 aliphatic rings. The molecule has 1 N–H and O–H groups in total. The highest BCUT2D eigenvalue weighted by Gasteiger charge is 2.19. The second kappa shape index (κ2) is 10.4. The highest BCUT2D eigenvalue weighted by atomic mass is 35.5. The maximum Gasteiger partial charge on any atom is 0.234 e. The summed E-state index contributed by atoms with van der Waals surface area (Å²) < 4.78 is 13.0. The minimum Gasteiger partial charge on any atom is -0.495 e. The molecule has 30 heavy (non-hydrogen) atoms. The van der Waals surface area contributed by atoms with Gasteiger partial charge in [0.1, 0.15) is 11.5 Å². The second-order valence-electron chi connectivity index (χ2n) is 6.34. The highest BCUT2D eigenvalue weighted by Crippen LogP contribution is 2.28. The van der Waals surface area contributed by atoms with E-state index in [1.165, 1.54) is 11.8 Å². The molecular formula is C21H23ClN4O3S. The molecule has 0 spiro atoms. The minimum atomic E-state index is -0.274. The summed E-state index contributed by atoms with van der Waals surface area (Å²) in [5.74, 6) is 2.06. The van der Waals surface area contributed by atoms with Crippen molar-refractivity contribution in [2.24, 2.45) is 0 Å². The zero-order valence-electron chi connectivity index (χ0n) is 17.0. The Bertz CT molecular complexity index is 997. The van der Waals surface area contributed by atoms with Gasteiger partial charge in [-0.2, -0.15) is 0 Å². The average Bonchev–Trinajstić information content (AvgIpc) is 3.16. The van der Waals surface area contributed by atoms with Crippen LogP contribution in [0.2, 0.25) is 5.02 Å². The number of aromatic nitrogens is 3. The Labute approximate surface area is 184 Å². The molecule has 9 heteroatoms. The molecule has 0 aliphatic heterocycles. The molecule has 0 bridgehead atoms. The zero-order valence-corrected chi connectivity index (χ0v) is 18.5. The van der Waals surface area contributed by atoms with Crippen LogP contribution in [0.4, 0.5) is 5.69 Å². The molecule has 3 aromatic rings. The Morgan fingerprint density at radius 1 is 1.23 bits per heavy atom. The predicted molar refractivity (Wildman–Crippen MR) is 119 cm³/mol. The number of carbonyl (C=O) groups is 1. The lowest BCUT2D eigenvalue weighted by Crippen LogP contribution is -2.15. The number of rotatable bonds is 9. The Morgan fingerprint density at radius 2 is 2.00 bits per heavy atom.